The molecular weight excluding hydrogens is 456 g/mol. The van der Waals surface area contributed by atoms with Gasteiger partial charge in [0.25, 0.3) is 0 Å². The molecule has 0 bridgehead atoms. The number of likely N-dealkylation sites (tertiary alicyclic amines) is 1. The lowest BCUT2D eigenvalue weighted by atomic mass is 10.0. The summed E-state index contributed by atoms with van der Waals surface area (Å²) in [6.45, 7) is 1.12. The van der Waals surface area contributed by atoms with Crippen molar-refractivity contribution in [2.75, 3.05) is 26.2 Å². The van der Waals surface area contributed by atoms with Crippen LogP contribution in [0.2, 0.25) is 0 Å². The van der Waals surface area contributed by atoms with E-state index in [2.05, 4.69) is 20.5 Å². The Hall–Kier alpha value is -3.02. The normalized spacial score (nSPS) is 16.6. The van der Waals surface area contributed by atoms with Gasteiger partial charge >= 0.3 is 0 Å². The number of benzene rings is 2. The molecule has 184 valence electrons. The monoisotopic (exact) mass is 488 g/mol. The van der Waals surface area contributed by atoms with Gasteiger partial charge in [0.1, 0.15) is 6.04 Å². The van der Waals surface area contributed by atoms with E-state index in [1.807, 2.05) is 24.3 Å². The average molecular weight is 489 g/mol. The maximum absolute atomic E-state index is 12.9. The fourth-order valence-corrected chi connectivity index (χ4v) is 4.96. The number of nitrogens with one attached hydrogen (secondary N) is 3. The molecule has 1 fully saturated rings. The third kappa shape index (κ3) is 6.99. The van der Waals surface area contributed by atoms with Gasteiger partial charge in [0.15, 0.2) is 0 Å². The van der Waals surface area contributed by atoms with Gasteiger partial charge in [0.05, 0.1) is 17.8 Å². The van der Waals surface area contributed by atoms with Gasteiger partial charge in [-0.25, -0.2) is 19.0 Å². The number of hydrogen-bond donors (Lipinski definition) is 4. The molecule has 2 aromatic rings. The molecule has 0 saturated carbocycles. The van der Waals surface area contributed by atoms with Crippen LogP contribution in [0.3, 0.4) is 0 Å². The summed E-state index contributed by atoms with van der Waals surface area (Å²) >= 11 is 0. The summed E-state index contributed by atoms with van der Waals surface area (Å²) in [7, 11) is -3.87. The topological polar surface area (TPSA) is 146 Å². The first-order chi connectivity index (χ1) is 16.4. The molecule has 10 nitrogen and oxygen atoms in total. The van der Waals surface area contributed by atoms with Gasteiger partial charge in [0, 0.05) is 19.6 Å². The minimum atomic E-state index is -3.87. The van der Waals surface area contributed by atoms with E-state index < -0.39 is 28.5 Å². The Labute approximate surface area is 200 Å². The number of hydrogen-bond acceptors (Lipinski definition) is 6. The first kappa shape index (κ1) is 25.6. The summed E-state index contributed by atoms with van der Waals surface area (Å²) in [6, 6.07) is 11.7. The molecular formula is C23H32N6O4S. The van der Waals surface area contributed by atoms with E-state index in [0.717, 1.165) is 36.5 Å². The van der Waals surface area contributed by atoms with Crippen LogP contribution in [0.4, 0.5) is 0 Å². The number of carbonyl (C=O) groups is 2. The van der Waals surface area contributed by atoms with Crippen molar-refractivity contribution in [1.29, 1.82) is 0 Å². The van der Waals surface area contributed by atoms with E-state index in [1.54, 1.807) is 12.1 Å². The molecule has 34 heavy (non-hydrogen) atoms. The Morgan fingerprint density at radius 2 is 1.91 bits per heavy atom. The standard InChI is InChI=1S/C23H32N6O4S/c24-27-17-25-12-4-5-13-26-23(31)21-9-3-6-14-29(21)22(30)16-28-34(32,33)20-11-10-18-7-1-2-8-19(18)15-20/h1-2,7-8,10-11,15,17,21,28H,3-6,9,12-14,16,24H2,(H,25,27)(H,26,31). The predicted molar refractivity (Wildman–Crippen MR) is 131 cm³/mol. The van der Waals surface area contributed by atoms with Crippen LogP contribution in [0, 0.1) is 0 Å². The maximum atomic E-state index is 12.9. The summed E-state index contributed by atoms with van der Waals surface area (Å²) in [6.07, 6.45) is 5.13. The molecule has 1 aliphatic rings. The van der Waals surface area contributed by atoms with Crippen molar-refractivity contribution in [3.05, 3.63) is 42.5 Å². The quantitative estimate of drug-likeness (QED) is 0.121. The van der Waals surface area contributed by atoms with Crippen LogP contribution >= 0.6 is 0 Å². The Morgan fingerprint density at radius 1 is 1.12 bits per heavy atom. The molecule has 2 amide bonds. The number of hydrazine groups is 1. The first-order valence-corrected chi connectivity index (χ1v) is 12.9. The molecule has 1 saturated heterocycles. The SMILES string of the molecule is NNC=NCCCCNC(=O)C1CCCCN1C(=O)CNS(=O)(=O)c1ccc2ccccc2c1. The Balaban J connectivity index is 1.54. The highest BCUT2D eigenvalue weighted by Gasteiger charge is 2.32. The molecule has 0 aromatic heterocycles. The van der Waals surface area contributed by atoms with E-state index in [9.17, 15) is 18.0 Å². The number of carbonyl (C=O) groups excluding carboxylic acids is 2. The maximum Gasteiger partial charge on any atom is 0.242 e. The molecule has 0 aliphatic carbocycles. The number of sulfonamides is 1. The van der Waals surface area contributed by atoms with Crippen LogP contribution in [-0.2, 0) is 19.6 Å². The summed E-state index contributed by atoms with van der Waals surface area (Å²) in [5, 5.41) is 4.61. The van der Waals surface area contributed by atoms with E-state index >= 15 is 0 Å². The van der Waals surface area contributed by atoms with E-state index in [-0.39, 0.29) is 10.8 Å². The van der Waals surface area contributed by atoms with Gasteiger partial charge < -0.3 is 15.6 Å². The minimum absolute atomic E-state index is 0.0958. The van der Waals surface area contributed by atoms with E-state index in [0.29, 0.717) is 26.1 Å². The van der Waals surface area contributed by atoms with Crippen molar-refractivity contribution in [2.24, 2.45) is 10.8 Å². The van der Waals surface area contributed by atoms with Gasteiger partial charge in [-0.15, -0.1) is 0 Å². The Morgan fingerprint density at radius 3 is 2.71 bits per heavy atom. The van der Waals surface area contributed by atoms with Gasteiger partial charge in [-0.2, -0.15) is 0 Å². The van der Waals surface area contributed by atoms with Crippen LogP contribution in [0.15, 0.2) is 52.4 Å². The largest absolute Gasteiger partial charge is 0.354 e. The Bertz CT molecular complexity index is 1120. The fourth-order valence-electron chi connectivity index (χ4n) is 3.95. The van der Waals surface area contributed by atoms with Crippen molar-refractivity contribution in [3.8, 4) is 0 Å². The number of nitrogens with two attached hydrogens (primary N) is 1. The highest BCUT2D eigenvalue weighted by molar-refractivity contribution is 7.89. The van der Waals surface area contributed by atoms with Crippen molar-refractivity contribution in [2.45, 2.75) is 43.0 Å². The predicted octanol–water partition coefficient (Wildman–Crippen LogP) is 0.887. The molecule has 5 N–H and O–H groups in total. The molecule has 1 aliphatic heterocycles. The fraction of sp³-hybridized carbons (Fsp3) is 0.435. The van der Waals surface area contributed by atoms with E-state index in [1.165, 1.54) is 17.3 Å². The third-order valence-electron chi connectivity index (χ3n) is 5.75. The molecule has 1 heterocycles. The van der Waals surface area contributed by atoms with Crippen LogP contribution < -0.4 is 21.3 Å². The Kier molecular flexibility index (Phi) is 9.37. The number of piperidine rings is 1. The minimum Gasteiger partial charge on any atom is -0.354 e. The molecule has 1 unspecified atom stereocenters. The van der Waals surface area contributed by atoms with Crippen LogP contribution in [0.25, 0.3) is 10.8 Å². The molecule has 3 rings (SSSR count). The second kappa shape index (κ2) is 12.4. The average Bonchev–Trinajstić information content (AvgIpc) is 2.86. The molecule has 11 heteroatoms. The third-order valence-corrected chi connectivity index (χ3v) is 7.15. The summed E-state index contributed by atoms with van der Waals surface area (Å²) in [5.74, 6) is 4.48. The number of nitrogens with zero attached hydrogens (tertiary/aromatic N) is 2. The van der Waals surface area contributed by atoms with Gasteiger partial charge in [-0.05, 0) is 55.0 Å². The smallest absolute Gasteiger partial charge is 0.242 e. The lowest BCUT2D eigenvalue weighted by molar-refractivity contribution is -0.141. The molecule has 0 radical (unpaired) electrons. The summed E-state index contributed by atoms with van der Waals surface area (Å²) in [5.41, 5.74) is 2.33. The highest BCUT2D eigenvalue weighted by Crippen LogP contribution is 2.20. The van der Waals surface area contributed by atoms with Crippen LogP contribution in [0.1, 0.15) is 32.1 Å². The zero-order valence-corrected chi connectivity index (χ0v) is 19.9. The zero-order chi connectivity index (χ0) is 24.4. The van der Waals surface area contributed by atoms with Crippen LogP contribution in [0.5, 0.6) is 0 Å². The van der Waals surface area contributed by atoms with Crippen molar-refractivity contribution >= 4 is 38.9 Å². The molecule has 1 atom stereocenters. The van der Waals surface area contributed by atoms with Crippen molar-refractivity contribution in [3.63, 3.8) is 0 Å². The van der Waals surface area contributed by atoms with Crippen molar-refractivity contribution < 1.29 is 18.0 Å². The summed E-state index contributed by atoms with van der Waals surface area (Å²) in [4.78, 5) is 31.2. The number of unbranched alkanes of at least 4 members (excludes halogenated alkanes) is 1. The number of amides is 2. The molecule has 0 spiro atoms. The number of aliphatic imine (C=N–C) groups is 1. The number of fused-ring (bicyclic) bond motifs is 1. The lowest BCUT2D eigenvalue weighted by Crippen LogP contribution is -2.54. The van der Waals surface area contributed by atoms with Crippen LogP contribution in [-0.4, -0.2) is 63.7 Å². The number of rotatable bonds is 11. The lowest BCUT2D eigenvalue weighted by Gasteiger charge is -2.34. The van der Waals surface area contributed by atoms with Gasteiger partial charge in [-0.3, -0.25) is 14.6 Å². The van der Waals surface area contributed by atoms with Gasteiger partial charge in [-0.1, -0.05) is 30.3 Å². The van der Waals surface area contributed by atoms with E-state index in [4.69, 9.17) is 5.84 Å². The van der Waals surface area contributed by atoms with Crippen molar-refractivity contribution in [1.82, 2.24) is 20.4 Å². The first-order valence-electron chi connectivity index (χ1n) is 11.4. The van der Waals surface area contributed by atoms with Gasteiger partial charge in [0.2, 0.25) is 21.8 Å². The highest BCUT2D eigenvalue weighted by atomic mass is 32.2. The summed E-state index contributed by atoms with van der Waals surface area (Å²) < 4.78 is 27.9. The molecule has 2 aromatic carbocycles. The second-order valence-corrected chi connectivity index (χ2v) is 9.90. The second-order valence-electron chi connectivity index (χ2n) is 8.13. The zero-order valence-electron chi connectivity index (χ0n) is 19.1.